The third-order valence-electron chi connectivity index (χ3n) is 5.95. The molecule has 0 saturated heterocycles. The molecule has 202 valence electrons. The molecule has 3 aromatic rings. The number of esters is 1. The number of nitrogens with zero attached hydrogens (tertiary/aromatic N) is 1. The van der Waals surface area contributed by atoms with Crippen molar-refractivity contribution in [2.75, 3.05) is 18.6 Å². The van der Waals surface area contributed by atoms with Crippen LogP contribution in [-0.2, 0) is 13.0 Å². The molecular formula is C27H27N5O7. The van der Waals surface area contributed by atoms with Gasteiger partial charge in [-0.05, 0) is 66.4 Å². The molecule has 0 atom stereocenters. The average Bonchev–Trinajstić information content (AvgIpc) is 2.90. The predicted octanol–water partition coefficient (Wildman–Crippen LogP) is 2.81. The van der Waals surface area contributed by atoms with Gasteiger partial charge in [-0.1, -0.05) is 18.2 Å². The number of rotatable bonds is 7. The van der Waals surface area contributed by atoms with Crippen LogP contribution < -0.4 is 26.0 Å². The first-order valence-electron chi connectivity index (χ1n) is 12.0. The van der Waals surface area contributed by atoms with Gasteiger partial charge in [0.25, 0.3) is 5.91 Å². The number of hydroxylamine groups is 1. The number of hydrogen-bond acceptors (Lipinski definition) is 8. The highest BCUT2D eigenvalue weighted by Gasteiger charge is 2.26. The lowest BCUT2D eigenvalue weighted by molar-refractivity contribution is 0.0556. The predicted molar refractivity (Wildman–Crippen MR) is 140 cm³/mol. The molecule has 1 aliphatic rings. The Bertz CT molecular complexity index is 1430. The Kier molecular flexibility index (Phi) is 8.39. The number of aryl methyl sites for hydroxylation is 1. The van der Waals surface area contributed by atoms with Gasteiger partial charge in [0.2, 0.25) is 0 Å². The number of anilines is 1. The van der Waals surface area contributed by atoms with Gasteiger partial charge in [0.1, 0.15) is 0 Å². The van der Waals surface area contributed by atoms with E-state index in [1.807, 2.05) is 5.48 Å². The van der Waals surface area contributed by atoms with Gasteiger partial charge in [0, 0.05) is 12.2 Å². The number of benzene rings is 3. The Labute approximate surface area is 223 Å². The molecule has 0 fully saturated rings. The number of guanidine groups is 1. The largest absolute Gasteiger partial charge is 0.489 e. The molecular weight excluding hydrogens is 506 g/mol. The number of carbonyl (C=O) groups excluding carboxylic acids is 2. The van der Waals surface area contributed by atoms with Gasteiger partial charge < -0.3 is 35.7 Å². The van der Waals surface area contributed by atoms with Crippen molar-refractivity contribution in [3.63, 3.8) is 0 Å². The summed E-state index contributed by atoms with van der Waals surface area (Å²) in [7, 11) is 0. The van der Waals surface area contributed by atoms with Crippen LogP contribution in [0, 0.1) is 5.41 Å². The van der Waals surface area contributed by atoms with E-state index >= 15 is 0 Å². The summed E-state index contributed by atoms with van der Waals surface area (Å²) in [6, 6.07) is 15.6. The summed E-state index contributed by atoms with van der Waals surface area (Å²) < 4.78 is 11.6. The highest BCUT2D eigenvalue weighted by molar-refractivity contribution is 5.99. The zero-order valence-electron chi connectivity index (χ0n) is 20.8. The third-order valence-corrected chi connectivity index (χ3v) is 5.95. The molecule has 1 heterocycles. The number of ether oxygens (including phenoxy) is 2. The minimum atomic E-state index is -1.10. The van der Waals surface area contributed by atoms with Crippen molar-refractivity contribution in [1.29, 1.82) is 5.41 Å². The number of carboxylic acids is 1. The van der Waals surface area contributed by atoms with Crippen molar-refractivity contribution in [1.82, 2.24) is 10.4 Å². The van der Waals surface area contributed by atoms with Crippen LogP contribution >= 0.6 is 0 Å². The maximum absolute atomic E-state index is 13.6. The van der Waals surface area contributed by atoms with Crippen LogP contribution in [-0.4, -0.2) is 52.3 Å². The zero-order valence-corrected chi connectivity index (χ0v) is 20.8. The van der Waals surface area contributed by atoms with Gasteiger partial charge in [-0.2, -0.15) is 5.48 Å². The second-order valence-corrected chi connectivity index (χ2v) is 8.71. The van der Waals surface area contributed by atoms with Crippen LogP contribution in [0.4, 0.5) is 5.69 Å². The lowest BCUT2D eigenvalue weighted by Crippen LogP contribution is -2.37. The average molecular weight is 534 g/mol. The number of carboxylic acid groups (broad SMARTS) is 1. The summed E-state index contributed by atoms with van der Waals surface area (Å²) in [4.78, 5) is 39.3. The molecule has 0 saturated carbocycles. The first-order valence-corrected chi connectivity index (χ1v) is 12.0. The maximum atomic E-state index is 13.6. The van der Waals surface area contributed by atoms with E-state index in [2.05, 4.69) is 5.32 Å². The Morgan fingerprint density at radius 1 is 1.10 bits per heavy atom. The Morgan fingerprint density at radius 2 is 1.90 bits per heavy atom. The minimum Gasteiger partial charge on any atom is -0.489 e. The van der Waals surface area contributed by atoms with E-state index in [1.165, 1.54) is 29.2 Å². The van der Waals surface area contributed by atoms with E-state index in [4.69, 9.17) is 20.6 Å². The summed E-state index contributed by atoms with van der Waals surface area (Å²) in [6.45, 7) is -0.0673. The van der Waals surface area contributed by atoms with Gasteiger partial charge in [0.05, 0.1) is 30.0 Å². The number of nitrogens with one attached hydrogen (secondary N) is 3. The van der Waals surface area contributed by atoms with Gasteiger partial charge >= 0.3 is 11.9 Å². The molecule has 0 aromatic heterocycles. The fourth-order valence-electron chi connectivity index (χ4n) is 4.22. The first kappa shape index (κ1) is 27.1. The molecule has 0 radical (unpaired) electrons. The summed E-state index contributed by atoms with van der Waals surface area (Å²) >= 11 is 0. The van der Waals surface area contributed by atoms with Crippen LogP contribution in [0.2, 0.25) is 0 Å². The summed E-state index contributed by atoms with van der Waals surface area (Å²) in [6.07, 6.45) is 0.972. The number of nitrogens with two attached hydrogens (primary N) is 1. The minimum absolute atomic E-state index is 0.0129. The molecule has 12 nitrogen and oxygen atoms in total. The van der Waals surface area contributed by atoms with Crippen LogP contribution in [0.1, 0.15) is 48.6 Å². The monoisotopic (exact) mass is 533 g/mol. The highest BCUT2D eigenvalue weighted by atomic mass is 16.6. The molecule has 39 heavy (non-hydrogen) atoms. The molecule has 1 aliphatic heterocycles. The summed E-state index contributed by atoms with van der Waals surface area (Å²) in [5, 5.41) is 28.8. The SMILES string of the molecule is N=C(N)Nc1ccc2c(c1)CCCOc1c(cccc1C(=O)N(CNO)Cc1cccc(C(=O)O)c1)OC2=O. The molecule has 7 N–H and O–H groups in total. The van der Waals surface area contributed by atoms with Crippen LogP contribution in [0.25, 0.3) is 0 Å². The topological polar surface area (TPSA) is 187 Å². The van der Waals surface area contributed by atoms with Crippen molar-refractivity contribution >= 4 is 29.5 Å². The quantitative estimate of drug-likeness (QED) is 0.0658. The Hall–Kier alpha value is -4.94. The Morgan fingerprint density at radius 3 is 2.64 bits per heavy atom. The number of para-hydroxylation sites is 1. The molecule has 1 amide bonds. The van der Waals surface area contributed by atoms with Crippen molar-refractivity contribution in [2.45, 2.75) is 19.4 Å². The fraction of sp³-hybridized carbons (Fsp3) is 0.185. The van der Waals surface area contributed by atoms with E-state index in [1.54, 1.807) is 36.4 Å². The van der Waals surface area contributed by atoms with Crippen molar-refractivity contribution in [2.24, 2.45) is 5.73 Å². The van der Waals surface area contributed by atoms with Gasteiger partial charge in [-0.3, -0.25) is 10.2 Å². The lowest BCUT2D eigenvalue weighted by Gasteiger charge is -2.24. The Balaban J connectivity index is 1.64. The van der Waals surface area contributed by atoms with Crippen molar-refractivity contribution in [3.05, 3.63) is 88.5 Å². The highest BCUT2D eigenvalue weighted by Crippen LogP contribution is 2.34. The molecule has 0 bridgehead atoms. The standard InChI is InChI=1S/C27H27N5O7/c28-27(29)31-19-9-10-20-17(13-19)6-3-11-38-23-21(7-2-8-22(23)39-26(20)36)24(33)32(15-30-37)14-16-4-1-5-18(12-16)25(34)35/h1-2,4-5,7-10,12-13,30,37H,3,6,11,14-15H2,(H,34,35)(H4,28,29,31). The zero-order chi connectivity index (χ0) is 27.9. The summed E-state index contributed by atoms with van der Waals surface area (Å²) in [5.74, 6) is -2.38. The van der Waals surface area contributed by atoms with Crippen LogP contribution in [0.3, 0.4) is 0 Å². The van der Waals surface area contributed by atoms with Crippen molar-refractivity contribution < 1.29 is 34.2 Å². The molecule has 0 unspecified atom stereocenters. The fourth-order valence-corrected chi connectivity index (χ4v) is 4.22. The smallest absolute Gasteiger partial charge is 0.343 e. The maximum Gasteiger partial charge on any atom is 0.343 e. The van der Waals surface area contributed by atoms with Gasteiger partial charge in [0.15, 0.2) is 17.5 Å². The second-order valence-electron chi connectivity index (χ2n) is 8.71. The molecule has 12 heteroatoms. The normalized spacial score (nSPS) is 12.7. The van der Waals surface area contributed by atoms with Gasteiger partial charge in [-0.25, -0.2) is 9.59 Å². The number of carbonyl (C=O) groups is 3. The molecule has 0 aliphatic carbocycles. The van der Waals surface area contributed by atoms with E-state index in [0.717, 1.165) is 0 Å². The number of amides is 1. The van der Waals surface area contributed by atoms with Crippen LogP contribution in [0.15, 0.2) is 60.7 Å². The van der Waals surface area contributed by atoms with E-state index in [0.29, 0.717) is 35.2 Å². The van der Waals surface area contributed by atoms with E-state index in [9.17, 15) is 24.7 Å². The van der Waals surface area contributed by atoms with E-state index in [-0.39, 0.29) is 48.4 Å². The summed E-state index contributed by atoms with van der Waals surface area (Å²) in [5.41, 5.74) is 9.66. The molecule has 4 rings (SSSR count). The van der Waals surface area contributed by atoms with Crippen LogP contribution in [0.5, 0.6) is 11.5 Å². The number of hydrogen-bond donors (Lipinski definition) is 6. The third kappa shape index (κ3) is 6.50. The van der Waals surface area contributed by atoms with E-state index < -0.39 is 17.8 Å². The second kappa shape index (κ2) is 12.1. The van der Waals surface area contributed by atoms with Crippen molar-refractivity contribution in [3.8, 4) is 11.5 Å². The molecule has 0 spiro atoms. The van der Waals surface area contributed by atoms with Gasteiger partial charge in [-0.15, -0.1) is 0 Å². The molecule has 3 aromatic carbocycles. The first-order chi connectivity index (χ1) is 18.8. The number of fused-ring (bicyclic) bond motifs is 2. The number of aromatic carboxylic acids is 1. The lowest BCUT2D eigenvalue weighted by atomic mass is 10.0.